The largest absolute Gasteiger partial charge is 0.493 e. The van der Waals surface area contributed by atoms with E-state index in [1.54, 1.807) is 42.5 Å². The van der Waals surface area contributed by atoms with Crippen molar-refractivity contribution in [3.05, 3.63) is 59.4 Å². The first-order chi connectivity index (χ1) is 11.7. The van der Waals surface area contributed by atoms with Gasteiger partial charge >= 0.3 is 0 Å². The van der Waals surface area contributed by atoms with Gasteiger partial charge in [0.15, 0.2) is 11.5 Å². The Morgan fingerprint density at radius 3 is 2.67 bits per heavy atom. The molecule has 0 bridgehead atoms. The van der Waals surface area contributed by atoms with Gasteiger partial charge in [0.25, 0.3) is 0 Å². The first-order valence-corrected chi connectivity index (χ1v) is 7.31. The van der Waals surface area contributed by atoms with Crippen LogP contribution in [0.1, 0.15) is 17.5 Å². The Morgan fingerprint density at radius 2 is 1.96 bits per heavy atom. The van der Waals surface area contributed by atoms with Crippen molar-refractivity contribution in [1.82, 2.24) is 5.32 Å². The molecule has 1 amide bonds. The molecule has 2 aromatic carbocycles. The molecule has 0 radical (unpaired) electrons. The molecule has 0 heterocycles. The smallest absolute Gasteiger partial charge is 0.234 e. The van der Waals surface area contributed by atoms with Gasteiger partial charge in [0.1, 0.15) is 18.8 Å². The number of carbonyl (C=O) groups excluding carboxylic acids is 1. The summed E-state index contributed by atoms with van der Waals surface area (Å²) in [6.45, 7) is 0.219. The van der Waals surface area contributed by atoms with Crippen LogP contribution < -0.4 is 14.8 Å². The predicted molar refractivity (Wildman–Crippen MR) is 85.8 cm³/mol. The summed E-state index contributed by atoms with van der Waals surface area (Å²) >= 11 is 0. The van der Waals surface area contributed by atoms with E-state index in [2.05, 4.69) is 5.32 Å². The molecule has 2 rings (SSSR count). The molecule has 124 valence electrons. The Hall–Kier alpha value is -3.07. The number of hydrogen-bond donors (Lipinski definition) is 1. The van der Waals surface area contributed by atoms with E-state index >= 15 is 0 Å². The number of nitriles is 1. The summed E-state index contributed by atoms with van der Waals surface area (Å²) in [5.74, 6) is 0.190. The normalized spacial score (nSPS) is 9.88. The number of carbonyl (C=O) groups is 1. The van der Waals surface area contributed by atoms with Crippen LogP contribution in [-0.4, -0.2) is 13.0 Å². The second kappa shape index (κ2) is 8.53. The Labute approximate surface area is 139 Å². The van der Waals surface area contributed by atoms with E-state index in [0.717, 1.165) is 0 Å². The van der Waals surface area contributed by atoms with Crippen LogP contribution in [0, 0.1) is 17.1 Å². The average Bonchev–Trinajstić information content (AvgIpc) is 2.59. The van der Waals surface area contributed by atoms with E-state index in [4.69, 9.17) is 14.7 Å². The second-order valence-electron chi connectivity index (χ2n) is 4.94. The summed E-state index contributed by atoms with van der Waals surface area (Å²) in [5.41, 5.74) is 1.10. The second-order valence-corrected chi connectivity index (χ2v) is 4.94. The van der Waals surface area contributed by atoms with Gasteiger partial charge in [0.2, 0.25) is 5.91 Å². The maximum atomic E-state index is 13.7. The van der Waals surface area contributed by atoms with Crippen molar-refractivity contribution in [3.63, 3.8) is 0 Å². The van der Waals surface area contributed by atoms with Gasteiger partial charge in [0.05, 0.1) is 13.2 Å². The molecule has 0 spiro atoms. The standard InChI is InChI=1S/C18H17FN2O3/c1-23-16-8-4-6-13(11-21-17(22)9-10-20)18(16)24-12-14-5-2-3-7-15(14)19/h2-8H,9,11-12H2,1H3,(H,21,22). The SMILES string of the molecule is COc1cccc(CNC(=O)CC#N)c1OCc1ccccc1F. The van der Waals surface area contributed by atoms with Crippen LogP contribution in [0.2, 0.25) is 0 Å². The van der Waals surface area contributed by atoms with Gasteiger partial charge in [-0.15, -0.1) is 0 Å². The Morgan fingerprint density at radius 1 is 1.21 bits per heavy atom. The fourth-order valence-electron chi connectivity index (χ4n) is 2.12. The Balaban J connectivity index is 2.16. The maximum Gasteiger partial charge on any atom is 0.234 e. The van der Waals surface area contributed by atoms with E-state index < -0.39 is 0 Å². The van der Waals surface area contributed by atoms with Crippen LogP contribution in [0.3, 0.4) is 0 Å². The molecule has 1 N–H and O–H groups in total. The van der Waals surface area contributed by atoms with Crippen molar-refractivity contribution in [1.29, 1.82) is 5.26 Å². The number of amides is 1. The molecule has 0 fully saturated rings. The van der Waals surface area contributed by atoms with E-state index in [0.29, 0.717) is 22.6 Å². The van der Waals surface area contributed by atoms with Gasteiger partial charge < -0.3 is 14.8 Å². The van der Waals surface area contributed by atoms with Crippen molar-refractivity contribution in [2.24, 2.45) is 0 Å². The number of nitrogens with one attached hydrogen (secondary N) is 1. The Bertz CT molecular complexity index is 756. The molecule has 0 aliphatic carbocycles. The molecule has 0 unspecified atom stereocenters. The summed E-state index contributed by atoms with van der Waals surface area (Å²) in [6, 6.07) is 13.4. The van der Waals surface area contributed by atoms with Crippen molar-refractivity contribution in [3.8, 4) is 17.6 Å². The first-order valence-electron chi connectivity index (χ1n) is 7.31. The third-order valence-corrected chi connectivity index (χ3v) is 3.33. The van der Waals surface area contributed by atoms with Crippen LogP contribution in [0.15, 0.2) is 42.5 Å². The lowest BCUT2D eigenvalue weighted by atomic mass is 10.1. The molecule has 5 nitrogen and oxygen atoms in total. The molecule has 0 atom stereocenters. The number of benzene rings is 2. The highest BCUT2D eigenvalue weighted by Gasteiger charge is 2.13. The van der Waals surface area contributed by atoms with Gasteiger partial charge in [-0.2, -0.15) is 5.26 Å². The number of nitrogens with zero attached hydrogens (tertiary/aromatic N) is 1. The van der Waals surface area contributed by atoms with E-state index in [-0.39, 0.29) is 31.3 Å². The third-order valence-electron chi connectivity index (χ3n) is 3.33. The molecule has 2 aromatic rings. The zero-order valence-corrected chi connectivity index (χ0v) is 13.2. The lowest BCUT2D eigenvalue weighted by Crippen LogP contribution is -2.22. The van der Waals surface area contributed by atoms with E-state index in [1.807, 2.05) is 0 Å². The summed E-state index contributed by atoms with van der Waals surface area (Å²) in [6.07, 6.45) is -0.213. The van der Waals surface area contributed by atoms with Crippen molar-refractivity contribution in [2.45, 2.75) is 19.6 Å². The molecule has 0 aromatic heterocycles. The fraction of sp³-hybridized carbons (Fsp3) is 0.222. The maximum absolute atomic E-state index is 13.7. The molecule has 0 aliphatic heterocycles. The summed E-state index contributed by atoms with van der Waals surface area (Å²) in [4.78, 5) is 11.5. The van der Waals surface area contributed by atoms with Gasteiger partial charge in [-0.3, -0.25) is 4.79 Å². The average molecular weight is 328 g/mol. The van der Waals surface area contributed by atoms with Crippen LogP contribution in [0.25, 0.3) is 0 Å². The highest BCUT2D eigenvalue weighted by Crippen LogP contribution is 2.32. The van der Waals surface area contributed by atoms with E-state index in [9.17, 15) is 9.18 Å². The van der Waals surface area contributed by atoms with Crippen molar-refractivity contribution >= 4 is 5.91 Å². The number of ether oxygens (including phenoxy) is 2. The zero-order valence-electron chi connectivity index (χ0n) is 13.2. The molecule has 6 heteroatoms. The molecule has 0 aliphatic rings. The number of halogens is 1. The fourth-order valence-corrected chi connectivity index (χ4v) is 2.12. The number of hydrogen-bond acceptors (Lipinski definition) is 4. The molecule has 24 heavy (non-hydrogen) atoms. The quantitative estimate of drug-likeness (QED) is 0.848. The van der Waals surface area contributed by atoms with Gasteiger partial charge in [-0.05, 0) is 12.1 Å². The lowest BCUT2D eigenvalue weighted by molar-refractivity contribution is -0.120. The number of para-hydroxylation sites is 1. The molecule has 0 saturated carbocycles. The first kappa shape index (κ1) is 17.3. The summed E-state index contributed by atoms with van der Waals surface area (Å²) in [7, 11) is 1.50. The van der Waals surface area contributed by atoms with Crippen LogP contribution in [0.4, 0.5) is 4.39 Å². The minimum atomic E-state index is -0.375. The van der Waals surface area contributed by atoms with E-state index in [1.165, 1.54) is 13.2 Å². The highest BCUT2D eigenvalue weighted by molar-refractivity contribution is 5.78. The van der Waals surface area contributed by atoms with Crippen LogP contribution in [0.5, 0.6) is 11.5 Å². The van der Waals surface area contributed by atoms with Gasteiger partial charge in [-0.1, -0.05) is 30.3 Å². The molecular weight excluding hydrogens is 311 g/mol. The van der Waals surface area contributed by atoms with Crippen LogP contribution in [-0.2, 0) is 17.9 Å². The Kier molecular flexibility index (Phi) is 6.15. The van der Waals surface area contributed by atoms with Crippen molar-refractivity contribution in [2.75, 3.05) is 7.11 Å². The molecule has 0 saturated heterocycles. The van der Waals surface area contributed by atoms with Gasteiger partial charge in [0, 0.05) is 17.7 Å². The van der Waals surface area contributed by atoms with Crippen LogP contribution >= 0.6 is 0 Å². The minimum Gasteiger partial charge on any atom is -0.493 e. The van der Waals surface area contributed by atoms with Gasteiger partial charge in [-0.25, -0.2) is 4.39 Å². The summed E-state index contributed by atoms with van der Waals surface area (Å²) < 4.78 is 24.7. The predicted octanol–water partition coefficient (Wildman–Crippen LogP) is 2.94. The third kappa shape index (κ3) is 4.46. The monoisotopic (exact) mass is 328 g/mol. The zero-order chi connectivity index (χ0) is 17.4. The lowest BCUT2D eigenvalue weighted by Gasteiger charge is -2.15. The summed E-state index contributed by atoms with van der Waals surface area (Å²) in [5, 5.41) is 11.1. The topological polar surface area (TPSA) is 71.3 Å². The highest BCUT2D eigenvalue weighted by atomic mass is 19.1. The number of rotatable bonds is 7. The number of methoxy groups -OCH3 is 1. The van der Waals surface area contributed by atoms with Crippen molar-refractivity contribution < 1.29 is 18.7 Å². The molecular formula is C18H17FN2O3. The minimum absolute atomic E-state index is 0.0339.